The van der Waals surface area contributed by atoms with Crippen LogP contribution in [0.3, 0.4) is 0 Å². The largest absolute Gasteiger partial charge is 0.496 e. The fourth-order valence-corrected chi connectivity index (χ4v) is 1.54. The number of rotatable bonds is 3. The topological polar surface area (TPSA) is 18.5 Å². The third kappa shape index (κ3) is 1.77. The predicted octanol–water partition coefficient (Wildman–Crippen LogP) is 2.57. The second-order valence-electron chi connectivity index (χ2n) is 2.95. The zero-order chi connectivity index (χ0) is 9.84. The minimum absolute atomic E-state index is 0.907. The summed E-state index contributed by atoms with van der Waals surface area (Å²) in [6.07, 6.45) is 0.925. The van der Waals surface area contributed by atoms with E-state index >= 15 is 0 Å². The van der Waals surface area contributed by atoms with Crippen molar-refractivity contribution in [1.82, 2.24) is 0 Å². The zero-order valence-corrected chi connectivity index (χ0v) is 8.68. The van der Waals surface area contributed by atoms with E-state index < -0.39 is 0 Å². The van der Waals surface area contributed by atoms with Gasteiger partial charge < -0.3 is 9.47 Å². The predicted molar refractivity (Wildman–Crippen MR) is 53.7 cm³/mol. The van der Waals surface area contributed by atoms with Gasteiger partial charge in [0.05, 0.1) is 14.2 Å². The molecule has 1 aromatic rings. The van der Waals surface area contributed by atoms with Crippen LogP contribution in [0.15, 0.2) is 12.1 Å². The van der Waals surface area contributed by atoms with Gasteiger partial charge in [0.15, 0.2) is 0 Å². The van der Waals surface area contributed by atoms with Crippen molar-refractivity contribution in [2.45, 2.75) is 20.3 Å². The molecule has 13 heavy (non-hydrogen) atoms. The summed E-state index contributed by atoms with van der Waals surface area (Å²) >= 11 is 0. The Bertz CT molecular complexity index is 292. The molecule has 0 N–H and O–H groups in total. The van der Waals surface area contributed by atoms with Crippen LogP contribution in [0, 0.1) is 6.92 Å². The number of ether oxygens (including phenoxy) is 2. The van der Waals surface area contributed by atoms with Crippen LogP contribution in [0.5, 0.6) is 11.5 Å². The Labute approximate surface area is 79.5 Å². The van der Waals surface area contributed by atoms with Gasteiger partial charge in [-0.2, -0.15) is 0 Å². The first-order chi connectivity index (χ1) is 6.24. The second kappa shape index (κ2) is 4.17. The maximum atomic E-state index is 5.33. The molecule has 0 saturated heterocycles. The molecule has 0 aromatic heterocycles. The number of hydrogen-bond donors (Lipinski definition) is 0. The molecule has 0 amide bonds. The van der Waals surface area contributed by atoms with E-state index in [0.717, 1.165) is 29.0 Å². The van der Waals surface area contributed by atoms with E-state index in [-0.39, 0.29) is 0 Å². The summed E-state index contributed by atoms with van der Waals surface area (Å²) in [6.45, 7) is 4.14. The monoisotopic (exact) mass is 180 g/mol. The highest BCUT2D eigenvalue weighted by molar-refractivity contribution is 5.49. The summed E-state index contributed by atoms with van der Waals surface area (Å²) in [5.74, 6) is 1.85. The van der Waals surface area contributed by atoms with Crippen molar-refractivity contribution in [2.75, 3.05) is 14.2 Å². The van der Waals surface area contributed by atoms with Crippen molar-refractivity contribution >= 4 is 0 Å². The Morgan fingerprint density at radius 1 is 1.15 bits per heavy atom. The number of methoxy groups -OCH3 is 2. The lowest BCUT2D eigenvalue weighted by molar-refractivity contribution is 0.384. The molecular formula is C11H16O2. The smallest absolute Gasteiger partial charge is 0.128 e. The van der Waals surface area contributed by atoms with Gasteiger partial charge in [-0.1, -0.05) is 13.0 Å². The normalized spacial score (nSPS) is 9.85. The van der Waals surface area contributed by atoms with Gasteiger partial charge in [0.25, 0.3) is 0 Å². The Kier molecular flexibility index (Phi) is 3.18. The summed E-state index contributed by atoms with van der Waals surface area (Å²) in [6, 6.07) is 3.99. The van der Waals surface area contributed by atoms with Gasteiger partial charge in [-0.15, -0.1) is 0 Å². The van der Waals surface area contributed by atoms with E-state index in [0.29, 0.717) is 0 Å². The van der Waals surface area contributed by atoms with Gasteiger partial charge in [0.1, 0.15) is 11.5 Å². The highest BCUT2D eigenvalue weighted by Gasteiger charge is 2.09. The Hall–Kier alpha value is -1.18. The van der Waals surface area contributed by atoms with Gasteiger partial charge >= 0.3 is 0 Å². The van der Waals surface area contributed by atoms with Crippen LogP contribution in [0.1, 0.15) is 18.1 Å². The molecular weight excluding hydrogens is 164 g/mol. The number of hydrogen-bond acceptors (Lipinski definition) is 2. The second-order valence-corrected chi connectivity index (χ2v) is 2.95. The van der Waals surface area contributed by atoms with Crippen LogP contribution in [-0.2, 0) is 6.42 Å². The van der Waals surface area contributed by atoms with Crippen LogP contribution in [0.4, 0.5) is 0 Å². The van der Waals surface area contributed by atoms with E-state index in [1.807, 2.05) is 19.1 Å². The summed E-state index contributed by atoms with van der Waals surface area (Å²) in [4.78, 5) is 0. The summed E-state index contributed by atoms with van der Waals surface area (Å²) in [5, 5.41) is 0. The lowest BCUT2D eigenvalue weighted by Gasteiger charge is -2.13. The van der Waals surface area contributed by atoms with Crippen LogP contribution in [0.2, 0.25) is 0 Å². The fourth-order valence-electron chi connectivity index (χ4n) is 1.54. The lowest BCUT2D eigenvalue weighted by atomic mass is 10.1. The molecule has 0 spiro atoms. The Morgan fingerprint density at radius 2 is 1.85 bits per heavy atom. The molecule has 0 heterocycles. The van der Waals surface area contributed by atoms with Crippen molar-refractivity contribution in [3.8, 4) is 11.5 Å². The molecule has 2 heteroatoms. The fraction of sp³-hybridized carbons (Fsp3) is 0.455. The first-order valence-corrected chi connectivity index (χ1v) is 4.45. The van der Waals surface area contributed by atoms with Crippen molar-refractivity contribution < 1.29 is 9.47 Å². The van der Waals surface area contributed by atoms with Crippen LogP contribution < -0.4 is 9.47 Å². The first-order valence-electron chi connectivity index (χ1n) is 4.45. The van der Waals surface area contributed by atoms with E-state index in [4.69, 9.17) is 9.47 Å². The number of aryl methyl sites for hydroxylation is 1. The van der Waals surface area contributed by atoms with Gasteiger partial charge in [0, 0.05) is 5.56 Å². The maximum Gasteiger partial charge on any atom is 0.128 e. The highest BCUT2D eigenvalue weighted by atomic mass is 16.5. The number of benzene rings is 1. The quantitative estimate of drug-likeness (QED) is 0.711. The standard InChI is InChI=1S/C11H16O2/c1-5-9-10(12-3)7-6-8(2)11(9)13-4/h6-7H,5H2,1-4H3. The Balaban J connectivity index is 3.27. The summed E-state index contributed by atoms with van der Waals surface area (Å²) < 4.78 is 10.6. The third-order valence-electron chi connectivity index (χ3n) is 2.19. The zero-order valence-electron chi connectivity index (χ0n) is 8.68. The van der Waals surface area contributed by atoms with E-state index in [9.17, 15) is 0 Å². The highest BCUT2D eigenvalue weighted by Crippen LogP contribution is 2.31. The molecule has 0 unspecified atom stereocenters. The van der Waals surface area contributed by atoms with E-state index in [1.165, 1.54) is 0 Å². The Morgan fingerprint density at radius 3 is 2.31 bits per heavy atom. The molecule has 0 bridgehead atoms. The molecule has 72 valence electrons. The van der Waals surface area contributed by atoms with Crippen molar-refractivity contribution in [3.63, 3.8) is 0 Å². The van der Waals surface area contributed by atoms with Crippen LogP contribution in [-0.4, -0.2) is 14.2 Å². The first kappa shape index (κ1) is 9.90. The molecule has 0 atom stereocenters. The van der Waals surface area contributed by atoms with Gasteiger partial charge in [0.2, 0.25) is 0 Å². The van der Waals surface area contributed by atoms with Gasteiger partial charge in [-0.05, 0) is 25.0 Å². The average Bonchev–Trinajstić information content (AvgIpc) is 2.17. The molecule has 2 nitrogen and oxygen atoms in total. The molecule has 1 aromatic carbocycles. The third-order valence-corrected chi connectivity index (χ3v) is 2.19. The van der Waals surface area contributed by atoms with Crippen molar-refractivity contribution in [2.24, 2.45) is 0 Å². The molecule has 1 rings (SSSR count). The molecule has 0 aliphatic rings. The SMILES string of the molecule is CCc1c(OC)ccc(C)c1OC. The molecule has 0 fully saturated rings. The van der Waals surface area contributed by atoms with Gasteiger partial charge in [-0.3, -0.25) is 0 Å². The minimum Gasteiger partial charge on any atom is -0.496 e. The molecule has 0 saturated carbocycles. The lowest BCUT2D eigenvalue weighted by Crippen LogP contribution is -1.97. The van der Waals surface area contributed by atoms with Crippen molar-refractivity contribution in [1.29, 1.82) is 0 Å². The van der Waals surface area contributed by atoms with E-state index in [2.05, 4.69) is 6.92 Å². The minimum atomic E-state index is 0.907. The van der Waals surface area contributed by atoms with Crippen molar-refractivity contribution in [3.05, 3.63) is 23.3 Å². The molecule has 0 aliphatic heterocycles. The molecule has 0 aliphatic carbocycles. The van der Waals surface area contributed by atoms with Gasteiger partial charge in [-0.25, -0.2) is 0 Å². The molecule has 0 radical (unpaired) electrons. The summed E-state index contributed by atoms with van der Waals surface area (Å²) in [5.41, 5.74) is 2.30. The van der Waals surface area contributed by atoms with Crippen LogP contribution >= 0.6 is 0 Å². The summed E-state index contributed by atoms with van der Waals surface area (Å²) in [7, 11) is 3.38. The van der Waals surface area contributed by atoms with E-state index in [1.54, 1.807) is 14.2 Å². The van der Waals surface area contributed by atoms with Crippen LogP contribution in [0.25, 0.3) is 0 Å². The average molecular weight is 180 g/mol. The maximum absolute atomic E-state index is 5.33.